The molecule has 0 bridgehead atoms. The van der Waals surface area contributed by atoms with Crippen LogP contribution in [0.2, 0.25) is 0 Å². The summed E-state index contributed by atoms with van der Waals surface area (Å²) in [5, 5.41) is 0. The van der Waals surface area contributed by atoms with Gasteiger partial charge in [-0.05, 0) is 54.1 Å². The van der Waals surface area contributed by atoms with E-state index in [0.29, 0.717) is 24.5 Å². The van der Waals surface area contributed by atoms with Gasteiger partial charge < -0.3 is 18.9 Å². The minimum atomic E-state index is -1.68. The van der Waals surface area contributed by atoms with Crippen molar-refractivity contribution < 1.29 is 38.1 Å². The van der Waals surface area contributed by atoms with Gasteiger partial charge in [-0.2, -0.15) is 0 Å². The maximum Gasteiger partial charge on any atom is 0.310 e. The van der Waals surface area contributed by atoms with E-state index in [1.807, 2.05) is 43.3 Å². The van der Waals surface area contributed by atoms with Gasteiger partial charge in [-0.3, -0.25) is 19.2 Å². The number of ketones is 1. The zero-order valence-electron chi connectivity index (χ0n) is 24.2. The third-order valence-corrected chi connectivity index (χ3v) is 9.71. The first kappa shape index (κ1) is 28.5. The molecule has 1 aliphatic heterocycles. The lowest BCUT2D eigenvalue weighted by molar-refractivity contribution is -0.190. The second-order valence-electron chi connectivity index (χ2n) is 12.9. The van der Waals surface area contributed by atoms with Crippen LogP contribution in [0.15, 0.2) is 42.0 Å². The molecule has 0 N–H and O–H groups in total. The molecule has 8 heteroatoms. The molecule has 0 aromatic heterocycles. The highest BCUT2D eigenvalue weighted by Gasteiger charge is 2.71. The second-order valence-corrected chi connectivity index (χ2v) is 12.9. The average molecular weight is 553 g/mol. The van der Waals surface area contributed by atoms with Crippen molar-refractivity contribution in [1.82, 2.24) is 0 Å². The number of esters is 3. The van der Waals surface area contributed by atoms with E-state index in [4.69, 9.17) is 18.9 Å². The van der Waals surface area contributed by atoms with Gasteiger partial charge in [-0.25, -0.2) is 0 Å². The third-order valence-electron chi connectivity index (χ3n) is 9.71. The van der Waals surface area contributed by atoms with E-state index in [0.717, 1.165) is 12.0 Å². The monoisotopic (exact) mass is 552 g/mol. The minimum Gasteiger partial charge on any atom is -0.461 e. The van der Waals surface area contributed by atoms with Crippen LogP contribution in [0.4, 0.5) is 0 Å². The fourth-order valence-electron chi connectivity index (χ4n) is 7.55. The molecule has 3 fully saturated rings. The topological polar surface area (TPSA) is 108 Å². The summed E-state index contributed by atoms with van der Waals surface area (Å²) >= 11 is 0. The molecular formula is C32H40O8. The van der Waals surface area contributed by atoms with E-state index < -0.39 is 47.2 Å². The Bertz CT molecular complexity index is 1230. The first-order chi connectivity index (χ1) is 18.8. The van der Waals surface area contributed by atoms with Crippen molar-refractivity contribution >= 4 is 23.7 Å². The van der Waals surface area contributed by atoms with Crippen LogP contribution in [0.5, 0.6) is 0 Å². The molecule has 40 heavy (non-hydrogen) atoms. The number of Topliss-reactive ketones (excluding diaryl/α,β-unsaturated/α-hetero) is 1. The predicted octanol–water partition coefficient (Wildman–Crippen LogP) is 4.38. The number of ether oxygens (including phenoxy) is 4. The third kappa shape index (κ3) is 5.00. The van der Waals surface area contributed by atoms with Crippen LogP contribution in [0.1, 0.15) is 66.4 Å². The lowest BCUT2D eigenvalue weighted by atomic mass is 9.74. The highest BCUT2D eigenvalue weighted by atomic mass is 16.6. The largest absolute Gasteiger partial charge is 0.461 e. The zero-order valence-corrected chi connectivity index (χ0v) is 24.2. The van der Waals surface area contributed by atoms with Gasteiger partial charge in [0, 0.05) is 20.3 Å². The number of fused-ring (bicyclic) bond motifs is 2. The molecule has 1 spiro atoms. The van der Waals surface area contributed by atoms with Crippen molar-refractivity contribution in [3.05, 3.63) is 47.5 Å². The van der Waals surface area contributed by atoms with Crippen molar-refractivity contribution in [2.45, 2.75) is 90.6 Å². The van der Waals surface area contributed by atoms with Crippen molar-refractivity contribution in [3.8, 4) is 0 Å². The molecule has 2 saturated carbocycles. The molecule has 6 unspecified atom stereocenters. The summed E-state index contributed by atoms with van der Waals surface area (Å²) in [6.07, 6.45) is 1.85. The van der Waals surface area contributed by atoms with E-state index in [-0.39, 0.29) is 35.9 Å². The summed E-state index contributed by atoms with van der Waals surface area (Å²) in [6, 6.07) is 9.25. The first-order valence-electron chi connectivity index (χ1n) is 14.3. The quantitative estimate of drug-likeness (QED) is 0.301. The Morgan fingerprint density at radius 2 is 1.73 bits per heavy atom. The van der Waals surface area contributed by atoms with E-state index in [1.165, 1.54) is 13.8 Å². The molecule has 1 heterocycles. The molecule has 216 valence electrons. The summed E-state index contributed by atoms with van der Waals surface area (Å²) in [6.45, 7) is 11.0. The Balaban J connectivity index is 1.61. The van der Waals surface area contributed by atoms with Crippen LogP contribution in [0, 0.1) is 29.1 Å². The first-order valence-corrected chi connectivity index (χ1v) is 14.3. The summed E-state index contributed by atoms with van der Waals surface area (Å²) in [5.74, 6) is -2.72. The molecule has 1 saturated heterocycles. The average Bonchev–Trinajstić information content (AvgIpc) is 3.73. The van der Waals surface area contributed by atoms with Gasteiger partial charge in [0.05, 0.1) is 18.9 Å². The SMILES string of the molecule is CC(=O)OC1C2C(OC(=O)Cc3ccccc3)[C@@H](C)C[C@]2(OC(C)=O)C(=O)/C(C)=C/C2C(CCC13CO3)C2(C)C. The number of carbonyl (C=O) groups excluding carboxylic acids is 4. The van der Waals surface area contributed by atoms with Crippen LogP contribution < -0.4 is 0 Å². The number of hydrogen-bond acceptors (Lipinski definition) is 8. The molecule has 3 aliphatic carbocycles. The van der Waals surface area contributed by atoms with Crippen molar-refractivity contribution in [2.75, 3.05) is 6.61 Å². The minimum absolute atomic E-state index is 0.0141. The van der Waals surface area contributed by atoms with Gasteiger partial charge in [-0.1, -0.05) is 57.2 Å². The number of rotatable bonds is 5. The van der Waals surface area contributed by atoms with E-state index in [2.05, 4.69) is 13.8 Å². The van der Waals surface area contributed by atoms with Crippen molar-refractivity contribution in [2.24, 2.45) is 29.1 Å². The Labute approximate surface area is 235 Å². The Morgan fingerprint density at radius 1 is 1.05 bits per heavy atom. The van der Waals surface area contributed by atoms with Crippen molar-refractivity contribution in [3.63, 3.8) is 0 Å². The molecule has 1 aromatic carbocycles. The summed E-state index contributed by atoms with van der Waals surface area (Å²) in [5.41, 5.74) is -1.22. The molecule has 0 radical (unpaired) electrons. The van der Waals surface area contributed by atoms with Crippen LogP contribution >= 0.6 is 0 Å². The predicted molar refractivity (Wildman–Crippen MR) is 145 cm³/mol. The Morgan fingerprint density at radius 3 is 2.33 bits per heavy atom. The zero-order chi connectivity index (χ0) is 29.0. The number of epoxide rings is 1. The Hall–Kier alpha value is -3.00. The molecular weight excluding hydrogens is 512 g/mol. The number of hydrogen-bond donors (Lipinski definition) is 0. The number of allylic oxidation sites excluding steroid dienone is 1. The molecule has 1 aromatic rings. The van der Waals surface area contributed by atoms with Gasteiger partial charge in [0.1, 0.15) is 17.8 Å². The lowest BCUT2D eigenvalue weighted by Crippen LogP contribution is -2.58. The van der Waals surface area contributed by atoms with Crippen LogP contribution in [0.25, 0.3) is 0 Å². The van der Waals surface area contributed by atoms with Crippen LogP contribution in [0.3, 0.4) is 0 Å². The summed E-state index contributed by atoms with van der Waals surface area (Å²) in [4.78, 5) is 52.9. The van der Waals surface area contributed by atoms with Gasteiger partial charge in [0.25, 0.3) is 0 Å². The molecule has 4 aliphatic rings. The molecule has 5 rings (SSSR count). The van der Waals surface area contributed by atoms with E-state index in [9.17, 15) is 19.2 Å². The maximum absolute atomic E-state index is 14.5. The number of carbonyl (C=O) groups is 4. The van der Waals surface area contributed by atoms with Gasteiger partial charge in [0.2, 0.25) is 5.78 Å². The normalized spacial score (nSPS) is 39.0. The summed E-state index contributed by atoms with van der Waals surface area (Å²) < 4.78 is 24.2. The van der Waals surface area contributed by atoms with Gasteiger partial charge >= 0.3 is 17.9 Å². The molecule has 8 nitrogen and oxygen atoms in total. The fourth-order valence-corrected chi connectivity index (χ4v) is 7.55. The molecule has 0 amide bonds. The maximum atomic E-state index is 14.5. The number of benzene rings is 1. The van der Waals surface area contributed by atoms with E-state index in [1.54, 1.807) is 6.92 Å². The second kappa shape index (κ2) is 10.1. The van der Waals surface area contributed by atoms with E-state index >= 15 is 0 Å². The highest BCUT2D eigenvalue weighted by Crippen LogP contribution is 2.64. The smallest absolute Gasteiger partial charge is 0.310 e. The standard InChI is InChI=1S/C32H40O8/c1-18-14-24-23(30(24,5)6)12-13-31(17-37-31)29(38-20(3)33)26-27(39-25(35)15-22-10-8-7-9-11-22)19(2)16-32(26,28(18)36)40-21(4)34/h7-11,14,19,23-24,26-27,29H,12-13,15-17H2,1-6H3/b18-14+/t19-,23?,24?,26?,27?,29?,31?,32+/m0/s1. The van der Waals surface area contributed by atoms with Gasteiger partial charge in [0.15, 0.2) is 5.60 Å². The van der Waals surface area contributed by atoms with Gasteiger partial charge in [-0.15, -0.1) is 0 Å². The van der Waals surface area contributed by atoms with Crippen LogP contribution in [-0.4, -0.2) is 53.7 Å². The fraction of sp³-hybridized carbons (Fsp3) is 0.625. The van der Waals surface area contributed by atoms with Crippen LogP contribution in [-0.2, 0) is 44.5 Å². The highest BCUT2D eigenvalue weighted by molar-refractivity contribution is 6.03. The molecule has 8 atom stereocenters. The van der Waals surface area contributed by atoms with Crippen molar-refractivity contribution in [1.29, 1.82) is 0 Å². The summed E-state index contributed by atoms with van der Waals surface area (Å²) in [7, 11) is 0. The Kier molecular flexibility index (Phi) is 7.22. The lowest BCUT2D eigenvalue weighted by Gasteiger charge is -2.41.